The molecule has 2 heterocycles. The van der Waals surface area contributed by atoms with Crippen LogP contribution in [-0.4, -0.2) is 48.7 Å². The molecule has 0 radical (unpaired) electrons. The van der Waals surface area contributed by atoms with Gasteiger partial charge in [0.1, 0.15) is 4.90 Å². The molecule has 0 amide bonds. The van der Waals surface area contributed by atoms with Gasteiger partial charge in [-0.2, -0.15) is 9.40 Å². The molecule has 130 valence electrons. The number of benzene rings is 1. The molecule has 1 aliphatic heterocycles. The van der Waals surface area contributed by atoms with Gasteiger partial charge in [0, 0.05) is 38.4 Å². The molecule has 1 saturated heterocycles. The van der Waals surface area contributed by atoms with E-state index in [0.717, 1.165) is 0 Å². The van der Waals surface area contributed by atoms with Crippen molar-refractivity contribution in [2.45, 2.75) is 32.2 Å². The van der Waals surface area contributed by atoms with Crippen LogP contribution < -0.4 is 4.90 Å². The van der Waals surface area contributed by atoms with Gasteiger partial charge in [-0.05, 0) is 32.4 Å². The van der Waals surface area contributed by atoms with E-state index < -0.39 is 10.0 Å². The molecule has 6 nitrogen and oxygen atoms in total. The Morgan fingerprint density at radius 3 is 2.33 bits per heavy atom. The standard InChI is InChI=1S/C17H24N4O2S/c1-4-21-15(3)17(13-18-21)24(22,23)20-11-9-19(10-12-20)16-8-6-5-7-14(16)2/h5-8,13H,4,9-12H2,1-3H3. The third kappa shape index (κ3) is 2.93. The Balaban J connectivity index is 1.76. The number of hydrogen-bond acceptors (Lipinski definition) is 4. The second-order valence-electron chi connectivity index (χ2n) is 6.09. The van der Waals surface area contributed by atoms with E-state index in [-0.39, 0.29) is 0 Å². The number of nitrogens with zero attached hydrogens (tertiary/aromatic N) is 4. The van der Waals surface area contributed by atoms with Crippen molar-refractivity contribution in [3.05, 3.63) is 41.7 Å². The summed E-state index contributed by atoms with van der Waals surface area (Å²) in [6.07, 6.45) is 1.47. The number of anilines is 1. The van der Waals surface area contributed by atoms with Crippen molar-refractivity contribution >= 4 is 15.7 Å². The van der Waals surface area contributed by atoms with E-state index in [1.807, 2.05) is 26.0 Å². The Bertz CT molecular complexity index is 821. The Hall–Kier alpha value is -1.86. The topological polar surface area (TPSA) is 58.4 Å². The monoisotopic (exact) mass is 348 g/mol. The number of hydrogen-bond donors (Lipinski definition) is 0. The highest BCUT2D eigenvalue weighted by Gasteiger charge is 2.31. The van der Waals surface area contributed by atoms with Crippen LogP contribution in [0.3, 0.4) is 0 Å². The van der Waals surface area contributed by atoms with Crippen LogP contribution in [0.25, 0.3) is 0 Å². The third-order valence-corrected chi connectivity index (χ3v) is 6.67. The molecule has 0 spiro atoms. The molecule has 1 aromatic heterocycles. The summed E-state index contributed by atoms with van der Waals surface area (Å²) in [6, 6.07) is 8.22. The Morgan fingerprint density at radius 1 is 1.08 bits per heavy atom. The smallest absolute Gasteiger partial charge is 0.246 e. The average molecular weight is 348 g/mol. The number of aryl methyl sites for hydroxylation is 2. The van der Waals surface area contributed by atoms with Crippen LogP contribution in [0.5, 0.6) is 0 Å². The summed E-state index contributed by atoms with van der Waals surface area (Å²) in [5.41, 5.74) is 3.11. The predicted octanol–water partition coefficient (Wildman–Crippen LogP) is 2.03. The van der Waals surface area contributed by atoms with Crippen LogP contribution in [0.1, 0.15) is 18.2 Å². The second kappa shape index (κ2) is 6.57. The summed E-state index contributed by atoms with van der Waals surface area (Å²) in [5, 5.41) is 4.17. The predicted molar refractivity (Wildman–Crippen MR) is 94.8 cm³/mol. The first-order valence-corrected chi connectivity index (χ1v) is 9.72. The highest BCUT2D eigenvalue weighted by molar-refractivity contribution is 7.89. The zero-order chi connectivity index (χ0) is 17.3. The summed E-state index contributed by atoms with van der Waals surface area (Å²) in [6.45, 7) is 8.91. The first-order chi connectivity index (χ1) is 11.4. The molecule has 3 rings (SSSR count). The lowest BCUT2D eigenvalue weighted by Gasteiger charge is -2.36. The van der Waals surface area contributed by atoms with Crippen molar-refractivity contribution in [3.63, 3.8) is 0 Å². The van der Waals surface area contributed by atoms with Crippen LogP contribution in [-0.2, 0) is 16.6 Å². The maximum absolute atomic E-state index is 12.9. The molecule has 0 unspecified atom stereocenters. The van der Waals surface area contributed by atoms with E-state index in [1.54, 1.807) is 8.99 Å². The third-order valence-electron chi connectivity index (χ3n) is 4.67. The molecule has 1 aliphatic rings. The van der Waals surface area contributed by atoms with Crippen LogP contribution in [0.2, 0.25) is 0 Å². The first kappa shape index (κ1) is 17.0. The van der Waals surface area contributed by atoms with Gasteiger partial charge in [-0.1, -0.05) is 18.2 Å². The fraction of sp³-hybridized carbons (Fsp3) is 0.471. The van der Waals surface area contributed by atoms with E-state index in [9.17, 15) is 8.42 Å². The van der Waals surface area contributed by atoms with Gasteiger partial charge in [-0.3, -0.25) is 4.68 Å². The maximum Gasteiger partial charge on any atom is 0.246 e. The minimum absolute atomic E-state index is 0.327. The van der Waals surface area contributed by atoms with Gasteiger partial charge in [0.25, 0.3) is 0 Å². The number of sulfonamides is 1. The molecule has 0 bridgehead atoms. The number of rotatable bonds is 4. The molecule has 0 saturated carbocycles. The highest BCUT2D eigenvalue weighted by Crippen LogP contribution is 2.24. The molecule has 1 aromatic carbocycles. The Labute approximate surface area is 143 Å². The number of para-hydroxylation sites is 1. The van der Waals surface area contributed by atoms with Gasteiger partial charge in [0.05, 0.1) is 11.9 Å². The molecule has 2 aromatic rings. The Morgan fingerprint density at radius 2 is 1.75 bits per heavy atom. The SMILES string of the molecule is CCn1ncc(S(=O)(=O)N2CCN(c3ccccc3C)CC2)c1C. The molecule has 0 aliphatic carbocycles. The normalized spacial score (nSPS) is 16.5. The first-order valence-electron chi connectivity index (χ1n) is 8.28. The zero-order valence-corrected chi connectivity index (χ0v) is 15.3. The lowest BCUT2D eigenvalue weighted by Crippen LogP contribution is -2.48. The lowest BCUT2D eigenvalue weighted by molar-refractivity contribution is 0.384. The summed E-state index contributed by atoms with van der Waals surface area (Å²) in [5.74, 6) is 0. The van der Waals surface area contributed by atoms with E-state index in [2.05, 4.69) is 29.1 Å². The summed E-state index contributed by atoms with van der Waals surface area (Å²) < 4.78 is 29.1. The largest absolute Gasteiger partial charge is 0.369 e. The molecular weight excluding hydrogens is 324 g/mol. The molecule has 1 fully saturated rings. The van der Waals surface area contributed by atoms with Crippen LogP contribution in [0.15, 0.2) is 35.4 Å². The van der Waals surface area contributed by atoms with Gasteiger partial charge in [-0.15, -0.1) is 0 Å². The van der Waals surface area contributed by atoms with E-state index in [1.165, 1.54) is 17.4 Å². The van der Waals surface area contributed by atoms with Gasteiger partial charge in [0.2, 0.25) is 10.0 Å². The molecule has 0 atom stereocenters. The highest BCUT2D eigenvalue weighted by atomic mass is 32.2. The van der Waals surface area contributed by atoms with Crippen LogP contribution in [0.4, 0.5) is 5.69 Å². The molecule has 0 N–H and O–H groups in total. The van der Waals surface area contributed by atoms with Gasteiger partial charge in [0.15, 0.2) is 0 Å². The van der Waals surface area contributed by atoms with Crippen LogP contribution >= 0.6 is 0 Å². The zero-order valence-electron chi connectivity index (χ0n) is 14.4. The summed E-state index contributed by atoms with van der Waals surface area (Å²) >= 11 is 0. The van der Waals surface area contributed by atoms with E-state index >= 15 is 0 Å². The van der Waals surface area contributed by atoms with Gasteiger partial charge in [-0.25, -0.2) is 8.42 Å². The van der Waals surface area contributed by atoms with Gasteiger partial charge >= 0.3 is 0 Å². The van der Waals surface area contributed by atoms with E-state index in [4.69, 9.17) is 0 Å². The number of aromatic nitrogens is 2. The Kier molecular flexibility index (Phi) is 4.64. The van der Waals surface area contributed by atoms with Crippen LogP contribution in [0, 0.1) is 13.8 Å². The average Bonchev–Trinajstić information content (AvgIpc) is 2.97. The summed E-state index contributed by atoms with van der Waals surface area (Å²) in [4.78, 5) is 2.58. The fourth-order valence-corrected chi connectivity index (χ4v) is 4.81. The minimum atomic E-state index is -3.47. The molecule has 7 heteroatoms. The van der Waals surface area contributed by atoms with Crippen molar-refractivity contribution in [2.75, 3.05) is 31.1 Å². The molecule has 24 heavy (non-hydrogen) atoms. The second-order valence-corrected chi connectivity index (χ2v) is 7.99. The van der Waals surface area contributed by atoms with Crippen molar-refractivity contribution in [1.82, 2.24) is 14.1 Å². The van der Waals surface area contributed by atoms with Crippen molar-refractivity contribution in [3.8, 4) is 0 Å². The molecular formula is C17H24N4O2S. The maximum atomic E-state index is 12.9. The number of piperazine rings is 1. The van der Waals surface area contributed by atoms with Crippen molar-refractivity contribution in [2.24, 2.45) is 0 Å². The van der Waals surface area contributed by atoms with Crippen molar-refractivity contribution in [1.29, 1.82) is 0 Å². The van der Waals surface area contributed by atoms with Crippen molar-refractivity contribution < 1.29 is 8.42 Å². The quantitative estimate of drug-likeness (QED) is 0.848. The lowest BCUT2D eigenvalue weighted by atomic mass is 10.1. The minimum Gasteiger partial charge on any atom is -0.369 e. The van der Waals surface area contributed by atoms with Gasteiger partial charge < -0.3 is 4.90 Å². The van der Waals surface area contributed by atoms with E-state index in [0.29, 0.717) is 43.3 Å². The fourth-order valence-electron chi connectivity index (χ4n) is 3.23. The summed E-state index contributed by atoms with van der Waals surface area (Å²) in [7, 11) is -3.47.